The lowest BCUT2D eigenvalue weighted by molar-refractivity contribution is 0.285. The smallest absolute Gasteiger partial charge is 0.252 e. The second-order valence-corrected chi connectivity index (χ2v) is 9.40. The predicted octanol–water partition coefficient (Wildman–Crippen LogP) is 3.22. The van der Waals surface area contributed by atoms with Gasteiger partial charge in [0.15, 0.2) is 0 Å². The van der Waals surface area contributed by atoms with E-state index in [2.05, 4.69) is 13.8 Å². The Morgan fingerprint density at radius 1 is 1.33 bits per heavy atom. The third-order valence-electron chi connectivity index (χ3n) is 4.01. The molecule has 0 amide bonds. The van der Waals surface area contributed by atoms with Crippen molar-refractivity contribution in [2.75, 3.05) is 6.54 Å². The van der Waals surface area contributed by atoms with E-state index >= 15 is 0 Å². The molecule has 0 spiro atoms. The molecule has 1 aliphatic carbocycles. The number of hydrogen-bond donors (Lipinski definition) is 1. The van der Waals surface area contributed by atoms with Crippen LogP contribution in [0.4, 0.5) is 0 Å². The summed E-state index contributed by atoms with van der Waals surface area (Å²) < 4.78 is 27.9. The van der Waals surface area contributed by atoms with E-state index in [-0.39, 0.29) is 12.6 Å². The van der Waals surface area contributed by atoms with Gasteiger partial charge in [0.25, 0.3) is 10.0 Å². The molecule has 0 aliphatic heterocycles. The van der Waals surface area contributed by atoms with E-state index in [1.165, 1.54) is 11.3 Å². The van der Waals surface area contributed by atoms with Gasteiger partial charge in [0.05, 0.1) is 6.61 Å². The van der Waals surface area contributed by atoms with Crippen molar-refractivity contribution < 1.29 is 13.5 Å². The van der Waals surface area contributed by atoms with Crippen molar-refractivity contribution in [1.82, 2.24) is 4.31 Å². The molecule has 1 aliphatic rings. The average Bonchev–Trinajstić information content (AvgIpc) is 3.09. The van der Waals surface area contributed by atoms with Gasteiger partial charge in [0, 0.05) is 17.5 Å². The first-order valence-electron chi connectivity index (χ1n) is 7.66. The summed E-state index contributed by atoms with van der Waals surface area (Å²) in [5.41, 5.74) is 0. The van der Waals surface area contributed by atoms with Gasteiger partial charge in [-0.15, -0.1) is 11.3 Å². The highest BCUT2D eigenvalue weighted by Gasteiger charge is 2.33. The molecule has 4 nitrogen and oxygen atoms in total. The molecular weight excluding hydrogens is 306 g/mol. The van der Waals surface area contributed by atoms with Crippen LogP contribution in [-0.4, -0.2) is 30.4 Å². The van der Waals surface area contributed by atoms with E-state index in [1.807, 2.05) is 0 Å². The quantitative estimate of drug-likeness (QED) is 0.834. The van der Waals surface area contributed by atoms with Crippen LogP contribution in [-0.2, 0) is 16.6 Å². The summed E-state index contributed by atoms with van der Waals surface area (Å²) in [6, 6.07) is 3.48. The zero-order chi connectivity index (χ0) is 15.5. The lowest BCUT2D eigenvalue weighted by atomic mass is 10.1. The molecular formula is C15H25NO3S2. The van der Waals surface area contributed by atoms with Crippen molar-refractivity contribution in [3.63, 3.8) is 0 Å². The molecule has 1 aromatic heterocycles. The summed E-state index contributed by atoms with van der Waals surface area (Å²) in [4.78, 5) is 0.698. The summed E-state index contributed by atoms with van der Waals surface area (Å²) in [5, 5.41) is 9.14. The third kappa shape index (κ3) is 4.06. The molecule has 0 aromatic carbocycles. The van der Waals surface area contributed by atoms with E-state index in [4.69, 9.17) is 5.11 Å². The summed E-state index contributed by atoms with van der Waals surface area (Å²) in [6.07, 6.45) is 5.05. The van der Waals surface area contributed by atoms with Gasteiger partial charge in [-0.25, -0.2) is 8.42 Å². The lowest BCUT2D eigenvalue weighted by Crippen LogP contribution is -2.39. The van der Waals surface area contributed by atoms with Crippen LogP contribution in [0.25, 0.3) is 0 Å². The maximum absolute atomic E-state index is 12.9. The minimum atomic E-state index is -3.43. The van der Waals surface area contributed by atoms with Gasteiger partial charge in [0.1, 0.15) is 4.21 Å². The Hall–Kier alpha value is -0.430. The normalized spacial score (nSPS) is 17.2. The zero-order valence-corrected chi connectivity index (χ0v) is 14.4. The first kappa shape index (κ1) is 16.9. The summed E-state index contributed by atoms with van der Waals surface area (Å²) in [7, 11) is -3.43. The van der Waals surface area contributed by atoms with E-state index in [0.29, 0.717) is 21.5 Å². The molecule has 0 unspecified atom stereocenters. The highest BCUT2D eigenvalue weighted by molar-refractivity contribution is 7.91. The number of nitrogens with zero attached hydrogens (tertiary/aromatic N) is 1. The molecule has 120 valence electrons. The largest absolute Gasteiger partial charge is 0.391 e. The Labute approximate surface area is 131 Å². The molecule has 0 saturated heterocycles. The van der Waals surface area contributed by atoms with Crippen molar-refractivity contribution >= 4 is 21.4 Å². The standard InChI is InChI=1S/C15H25NO3S2/c1-12(2)9-10-16(13-5-3-4-6-13)21(18,19)15-8-7-14(11-17)20-15/h7-8,12-13,17H,3-6,9-11H2,1-2H3. The van der Waals surface area contributed by atoms with Crippen LogP contribution in [0.15, 0.2) is 16.3 Å². The van der Waals surface area contributed by atoms with Crippen molar-refractivity contribution in [3.8, 4) is 0 Å². The first-order chi connectivity index (χ1) is 9.95. The Bertz CT molecular complexity index is 545. The van der Waals surface area contributed by atoms with Crippen LogP contribution in [0.3, 0.4) is 0 Å². The molecule has 1 fully saturated rings. The number of thiophene rings is 1. The Morgan fingerprint density at radius 2 is 2.00 bits per heavy atom. The molecule has 21 heavy (non-hydrogen) atoms. The second kappa shape index (κ2) is 7.22. The van der Waals surface area contributed by atoms with Gasteiger partial charge in [-0.1, -0.05) is 26.7 Å². The molecule has 2 rings (SSSR count). The van der Waals surface area contributed by atoms with Gasteiger partial charge in [-0.2, -0.15) is 4.31 Å². The first-order valence-corrected chi connectivity index (χ1v) is 9.92. The minimum Gasteiger partial charge on any atom is -0.391 e. The fourth-order valence-corrected chi connectivity index (χ4v) is 5.82. The van der Waals surface area contributed by atoms with E-state index < -0.39 is 10.0 Å². The summed E-state index contributed by atoms with van der Waals surface area (Å²) in [5.74, 6) is 0.487. The van der Waals surface area contributed by atoms with Gasteiger partial charge in [0.2, 0.25) is 0 Å². The van der Waals surface area contributed by atoms with Crippen LogP contribution < -0.4 is 0 Å². The minimum absolute atomic E-state index is 0.102. The summed E-state index contributed by atoms with van der Waals surface area (Å²) in [6.45, 7) is 4.73. The number of sulfonamides is 1. The van der Waals surface area contributed by atoms with Crippen LogP contribution in [0.1, 0.15) is 50.8 Å². The van der Waals surface area contributed by atoms with Crippen molar-refractivity contribution in [2.24, 2.45) is 5.92 Å². The molecule has 1 saturated carbocycles. The number of aliphatic hydroxyl groups excluding tert-OH is 1. The molecule has 0 atom stereocenters. The molecule has 1 heterocycles. The number of hydrogen-bond acceptors (Lipinski definition) is 4. The van der Waals surface area contributed by atoms with Gasteiger partial charge in [-0.3, -0.25) is 0 Å². The highest BCUT2D eigenvalue weighted by Crippen LogP contribution is 2.32. The second-order valence-electron chi connectivity index (χ2n) is 6.12. The maximum Gasteiger partial charge on any atom is 0.252 e. The Balaban J connectivity index is 2.24. The van der Waals surface area contributed by atoms with Crippen LogP contribution in [0, 0.1) is 5.92 Å². The molecule has 1 N–H and O–H groups in total. The topological polar surface area (TPSA) is 57.6 Å². The summed E-state index contributed by atoms with van der Waals surface area (Å²) >= 11 is 1.18. The van der Waals surface area contributed by atoms with E-state index in [9.17, 15) is 8.42 Å². The van der Waals surface area contributed by atoms with E-state index in [0.717, 1.165) is 32.1 Å². The Kier molecular flexibility index (Phi) is 5.82. The van der Waals surface area contributed by atoms with E-state index in [1.54, 1.807) is 16.4 Å². The monoisotopic (exact) mass is 331 g/mol. The van der Waals surface area contributed by atoms with Gasteiger partial charge < -0.3 is 5.11 Å². The Morgan fingerprint density at radius 3 is 2.52 bits per heavy atom. The van der Waals surface area contributed by atoms with Gasteiger partial charge >= 0.3 is 0 Å². The molecule has 6 heteroatoms. The molecule has 0 bridgehead atoms. The zero-order valence-electron chi connectivity index (χ0n) is 12.8. The number of aliphatic hydroxyl groups is 1. The van der Waals surface area contributed by atoms with Gasteiger partial charge in [-0.05, 0) is 37.3 Å². The van der Waals surface area contributed by atoms with Crippen molar-refractivity contribution in [2.45, 2.75) is 62.8 Å². The van der Waals surface area contributed by atoms with Crippen molar-refractivity contribution in [1.29, 1.82) is 0 Å². The molecule has 0 radical (unpaired) electrons. The van der Waals surface area contributed by atoms with Crippen molar-refractivity contribution in [3.05, 3.63) is 17.0 Å². The molecule has 1 aromatic rings. The fourth-order valence-electron chi connectivity index (χ4n) is 2.77. The average molecular weight is 332 g/mol. The SMILES string of the molecule is CC(C)CCN(C1CCCC1)S(=O)(=O)c1ccc(CO)s1. The third-order valence-corrected chi connectivity index (χ3v) is 7.50. The maximum atomic E-state index is 12.9. The van der Waals surface area contributed by atoms with Crippen LogP contribution >= 0.6 is 11.3 Å². The lowest BCUT2D eigenvalue weighted by Gasteiger charge is -2.28. The predicted molar refractivity (Wildman–Crippen MR) is 85.8 cm³/mol. The highest BCUT2D eigenvalue weighted by atomic mass is 32.2. The van der Waals surface area contributed by atoms with Crippen LogP contribution in [0.2, 0.25) is 0 Å². The fraction of sp³-hybridized carbons (Fsp3) is 0.733. The number of rotatable bonds is 7. The van der Waals surface area contributed by atoms with Crippen LogP contribution in [0.5, 0.6) is 0 Å².